The van der Waals surface area contributed by atoms with Gasteiger partial charge in [0.05, 0.1) is 7.11 Å². The van der Waals surface area contributed by atoms with Crippen molar-refractivity contribution in [1.29, 1.82) is 0 Å². The Labute approximate surface area is 94.6 Å². The number of ether oxygens (including phenoxy) is 2. The second-order valence-corrected chi connectivity index (χ2v) is 4.01. The first-order valence-electron chi connectivity index (χ1n) is 5.42. The molecule has 2 rings (SSSR count). The van der Waals surface area contributed by atoms with E-state index in [0.717, 1.165) is 25.1 Å². The van der Waals surface area contributed by atoms with Crippen LogP contribution in [0, 0.1) is 12.7 Å². The van der Waals surface area contributed by atoms with Crippen LogP contribution in [0.15, 0.2) is 12.1 Å². The molecule has 1 aromatic rings. The standard InChI is InChI=1S/C12H16FNO2/c1-8-5-10(13)12(11(6-8)15-2)16-9-3-4-14-7-9/h5-6,9,14H,3-4,7H2,1-2H3. The monoisotopic (exact) mass is 225 g/mol. The van der Waals surface area contributed by atoms with Crippen LogP contribution < -0.4 is 14.8 Å². The molecule has 0 amide bonds. The number of halogens is 1. The third-order valence-electron chi connectivity index (χ3n) is 2.67. The quantitative estimate of drug-likeness (QED) is 0.852. The number of rotatable bonds is 3. The molecule has 1 saturated heterocycles. The van der Waals surface area contributed by atoms with E-state index >= 15 is 0 Å². The molecule has 16 heavy (non-hydrogen) atoms. The number of nitrogens with one attached hydrogen (secondary N) is 1. The maximum Gasteiger partial charge on any atom is 0.197 e. The van der Waals surface area contributed by atoms with Gasteiger partial charge < -0.3 is 14.8 Å². The van der Waals surface area contributed by atoms with Crippen molar-refractivity contribution in [3.63, 3.8) is 0 Å². The van der Waals surface area contributed by atoms with E-state index in [1.807, 2.05) is 6.92 Å². The molecule has 4 heteroatoms. The Hall–Kier alpha value is -1.29. The van der Waals surface area contributed by atoms with Crippen LogP contribution in [-0.4, -0.2) is 26.3 Å². The Morgan fingerprint density at radius 2 is 2.25 bits per heavy atom. The minimum Gasteiger partial charge on any atom is -0.493 e. The molecule has 0 saturated carbocycles. The van der Waals surface area contributed by atoms with Crippen molar-refractivity contribution in [3.8, 4) is 11.5 Å². The maximum absolute atomic E-state index is 13.7. The van der Waals surface area contributed by atoms with Gasteiger partial charge in [0.1, 0.15) is 6.10 Å². The number of hydrogen-bond donors (Lipinski definition) is 1. The third kappa shape index (κ3) is 2.27. The van der Waals surface area contributed by atoms with Crippen LogP contribution >= 0.6 is 0 Å². The van der Waals surface area contributed by atoms with Gasteiger partial charge in [-0.3, -0.25) is 0 Å². The van der Waals surface area contributed by atoms with E-state index in [2.05, 4.69) is 5.32 Å². The molecule has 1 fully saturated rings. The molecule has 1 heterocycles. The van der Waals surface area contributed by atoms with Crippen LogP contribution in [0.3, 0.4) is 0 Å². The first kappa shape index (κ1) is 11.2. The average Bonchev–Trinajstić information content (AvgIpc) is 2.74. The molecule has 0 aromatic heterocycles. The van der Waals surface area contributed by atoms with Crippen LogP contribution in [0.1, 0.15) is 12.0 Å². The SMILES string of the molecule is COc1cc(C)cc(F)c1OC1CCNC1. The Morgan fingerprint density at radius 3 is 2.88 bits per heavy atom. The van der Waals surface area contributed by atoms with E-state index in [1.165, 1.54) is 13.2 Å². The topological polar surface area (TPSA) is 30.5 Å². The fraction of sp³-hybridized carbons (Fsp3) is 0.500. The fourth-order valence-corrected chi connectivity index (χ4v) is 1.86. The van der Waals surface area contributed by atoms with Crippen molar-refractivity contribution in [3.05, 3.63) is 23.5 Å². The summed E-state index contributed by atoms with van der Waals surface area (Å²) in [5.74, 6) is 0.329. The summed E-state index contributed by atoms with van der Waals surface area (Å²) in [6.07, 6.45) is 0.933. The molecular weight excluding hydrogens is 209 g/mol. The lowest BCUT2D eigenvalue weighted by Gasteiger charge is -2.16. The molecule has 1 atom stereocenters. The Kier molecular flexibility index (Phi) is 3.29. The van der Waals surface area contributed by atoms with E-state index < -0.39 is 0 Å². The molecule has 1 N–H and O–H groups in total. The van der Waals surface area contributed by atoms with Crippen molar-refractivity contribution in [2.75, 3.05) is 20.2 Å². The summed E-state index contributed by atoms with van der Waals surface area (Å²) in [4.78, 5) is 0. The van der Waals surface area contributed by atoms with Crippen molar-refractivity contribution in [2.45, 2.75) is 19.4 Å². The number of methoxy groups -OCH3 is 1. The number of benzene rings is 1. The normalized spacial score (nSPS) is 19.8. The van der Waals surface area contributed by atoms with Crippen LogP contribution in [0.2, 0.25) is 0 Å². The lowest BCUT2D eigenvalue weighted by Crippen LogP contribution is -2.20. The fourth-order valence-electron chi connectivity index (χ4n) is 1.86. The second kappa shape index (κ2) is 4.70. The van der Waals surface area contributed by atoms with E-state index in [0.29, 0.717) is 5.75 Å². The van der Waals surface area contributed by atoms with E-state index in [9.17, 15) is 4.39 Å². The lowest BCUT2D eigenvalue weighted by atomic mass is 10.2. The summed E-state index contributed by atoms with van der Waals surface area (Å²) < 4.78 is 24.5. The minimum absolute atomic E-state index is 0.0334. The molecule has 1 aromatic carbocycles. The Balaban J connectivity index is 2.23. The van der Waals surface area contributed by atoms with Gasteiger partial charge in [-0.2, -0.15) is 0 Å². The summed E-state index contributed by atoms with van der Waals surface area (Å²) in [5, 5.41) is 3.17. The van der Waals surface area contributed by atoms with Crippen molar-refractivity contribution in [2.24, 2.45) is 0 Å². The maximum atomic E-state index is 13.7. The van der Waals surface area contributed by atoms with Gasteiger partial charge >= 0.3 is 0 Å². The van der Waals surface area contributed by atoms with Gasteiger partial charge in [0, 0.05) is 6.54 Å². The highest BCUT2D eigenvalue weighted by Gasteiger charge is 2.20. The predicted octanol–water partition coefficient (Wildman–Crippen LogP) is 1.88. The molecule has 88 valence electrons. The molecule has 1 aliphatic rings. The molecule has 3 nitrogen and oxygen atoms in total. The van der Waals surface area contributed by atoms with Crippen LogP contribution in [0.5, 0.6) is 11.5 Å². The Morgan fingerprint density at radius 1 is 1.44 bits per heavy atom. The second-order valence-electron chi connectivity index (χ2n) is 4.01. The highest BCUT2D eigenvalue weighted by molar-refractivity contribution is 5.44. The van der Waals surface area contributed by atoms with Gasteiger partial charge in [-0.15, -0.1) is 0 Å². The number of hydrogen-bond acceptors (Lipinski definition) is 3. The minimum atomic E-state index is -0.358. The van der Waals surface area contributed by atoms with E-state index in [1.54, 1.807) is 6.07 Å². The lowest BCUT2D eigenvalue weighted by molar-refractivity contribution is 0.202. The smallest absolute Gasteiger partial charge is 0.197 e. The number of aryl methyl sites for hydroxylation is 1. The average molecular weight is 225 g/mol. The molecule has 1 unspecified atom stereocenters. The first-order chi connectivity index (χ1) is 7.70. The highest BCUT2D eigenvalue weighted by atomic mass is 19.1. The van der Waals surface area contributed by atoms with E-state index in [-0.39, 0.29) is 17.7 Å². The van der Waals surface area contributed by atoms with Crippen LogP contribution in [0.25, 0.3) is 0 Å². The first-order valence-corrected chi connectivity index (χ1v) is 5.42. The summed E-state index contributed by atoms with van der Waals surface area (Å²) >= 11 is 0. The predicted molar refractivity (Wildman–Crippen MR) is 59.6 cm³/mol. The highest BCUT2D eigenvalue weighted by Crippen LogP contribution is 2.32. The molecule has 0 spiro atoms. The van der Waals surface area contributed by atoms with E-state index in [4.69, 9.17) is 9.47 Å². The zero-order valence-corrected chi connectivity index (χ0v) is 9.55. The molecular formula is C12H16FNO2. The summed E-state index contributed by atoms with van der Waals surface area (Å²) in [7, 11) is 1.52. The van der Waals surface area contributed by atoms with Gasteiger partial charge in [-0.25, -0.2) is 4.39 Å². The molecule has 0 bridgehead atoms. The zero-order valence-electron chi connectivity index (χ0n) is 9.55. The molecule has 1 aliphatic heterocycles. The molecule has 0 aliphatic carbocycles. The van der Waals surface area contributed by atoms with Gasteiger partial charge in [-0.1, -0.05) is 0 Å². The van der Waals surface area contributed by atoms with Crippen molar-refractivity contribution in [1.82, 2.24) is 5.32 Å². The van der Waals surface area contributed by atoms with Gasteiger partial charge in [-0.05, 0) is 37.6 Å². The van der Waals surface area contributed by atoms with Crippen molar-refractivity contribution >= 4 is 0 Å². The summed E-state index contributed by atoms with van der Waals surface area (Å²) in [6.45, 7) is 3.50. The van der Waals surface area contributed by atoms with Crippen molar-refractivity contribution < 1.29 is 13.9 Å². The van der Waals surface area contributed by atoms with Gasteiger partial charge in [0.15, 0.2) is 17.3 Å². The summed E-state index contributed by atoms with van der Waals surface area (Å²) in [6, 6.07) is 3.24. The third-order valence-corrected chi connectivity index (χ3v) is 2.67. The van der Waals surface area contributed by atoms with Crippen LogP contribution in [0.4, 0.5) is 4.39 Å². The van der Waals surface area contributed by atoms with Crippen LogP contribution in [-0.2, 0) is 0 Å². The largest absolute Gasteiger partial charge is 0.493 e. The summed E-state index contributed by atoms with van der Waals surface area (Å²) in [5.41, 5.74) is 0.825. The Bertz CT molecular complexity index is 376. The molecule has 0 radical (unpaired) electrons. The van der Waals surface area contributed by atoms with Gasteiger partial charge in [0.2, 0.25) is 0 Å². The zero-order chi connectivity index (χ0) is 11.5. The van der Waals surface area contributed by atoms with Gasteiger partial charge in [0.25, 0.3) is 0 Å².